The van der Waals surface area contributed by atoms with Crippen molar-refractivity contribution in [2.45, 2.75) is 51.9 Å². The molecule has 0 amide bonds. The lowest BCUT2D eigenvalue weighted by molar-refractivity contribution is 0.661. The summed E-state index contributed by atoms with van der Waals surface area (Å²) in [4.78, 5) is 8.74. The normalized spacial score (nSPS) is 14.6. The Morgan fingerprint density at radius 3 is 2.94 bits per heavy atom. The second-order valence-electron chi connectivity index (χ2n) is 4.49. The van der Waals surface area contributed by atoms with Crippen LogP contribution in [0.5, 0.6) is 0 Å². The molecule has 1 aromatic heterocycles. The molecule has 0 atom stereocenters. The Kier molecular flexibility index (Phi) is 4.14. The first kappa shape index (κ1) is 11.4. The van der Waals surface area contributed by atoms with Crippen molar-refractivity contribution < 1.29 is 0 Å². The maximum atomic E-state index is 4.37. The standard InChI is InChI=1S/C13H21N3/c1-2-3-6-9-14-13-11-7-4-5-8-12(11)15-10-16-13/h10H,2-9H2,1H3,(H,14,15,16). The van der Waals surface area contributed by atoms with Gasteiger partial charge in [-0.25, -0.2) is 9.97 Å². The third-order valence-electron chi connectivity index (χ3n) is 3.20. The second-order valence-corrected chi connectivity index (χ2v) is 4.49. The molecule has 1 aliphatic carbocycles. The quantitative estimate of drug-likeness (QED) is 0.774. The Hall–Kier alpha value is -1.12. The van der Waals surface area contributed by atoms with Gasteiger partial charge in [0.05, 0.1) is 0 Å². The van der Waals surface area contributed by atoms with Crippen LogP contribution in [0.3, 0.4) is 0 Å². The van der Waals surface area contributed by atoms with Crippen LogP contribution in [0.15, 0.2) is 6.33 Å². The SMILES string of the molecule is CCCCCNc1ncnc2c1CCCC2. The number of aromatic nitrogens is 2. The first-order valence-electron chi connectivity index (χ1n) is 6.48. The molecule has 0 fully saturated rings. The summed E-state index contributed by atoms with van der Waals surface area (Å²) < 4.78 is 0. The van der Waals surface area contributed by atoms with Crippen LogP contribution in [-0.4, -0.2) is 16.5 Å². The highest BCUT2D eigenvalue weighted by Gasteiger charge is 2.14. The van der Waals surface area contributed by atoms with Gasteiger partial charge in [-0.2, -0.15) is 0 Å². The van der Waals surface area contributed by atoms with Gasteiger partial charge >= 0.3 is 0 Å². The molecule has 0 aromatic carbocycles. The minimum absolute atomic E-state index is 1.04. The Labute approximate surface area is 97.7 Å². The number of anilines is 1. The van der Waals surface area contributed by atoms with Crippen LogP contribution in [-0.2, 0) is 12.8 Å². The average Bonchev–Trinajstić information content (AvgIpc) is 2.35. The van der Waals surface area contributed by atoms with E-state index in [1.54, 1.807) is 6.33 Å². The van der Waals surface area contributed by atoms with E-state index >= 15 is 0 Å². The van der Waals surface area contributed by atoms with Crippen LogP contribution >= 0.6 is 0 Å². The van der Waals surface area contributed by atoms with E-state index < -0.39 is 0 Å². The Morgan fingerprint density at radius 1 is 1.19 bits per heavy atom. The molecular formula is C13H21N3. The molecule has 0 saturated heterocycles. The smallest absolute Gasteiger partial charge is 0.132 e. The number of fused-ring (bicyclic) bond motifs is 1. The van der Waals surface area contributed by atoms with Gasteiger partial charge < -0.3 is 5.32 Å². The Morgan fingerprint density at radius 2 is 2.06 bits per heavy atom. The summed E-state index contributed by atoms with van der Waals surface area (Å²) in [5.41, 5.74) is 2.63. The van der Waals surface area contributed by atoms with Crippen molar-refractivity contribution in [2.75, 3.05) is 11.9 Å². The first-order valence-corrected chi connectivity index (χ1v) is 6.48. The van der Waals surface area contributed by atoms with E-state index in [0.29, 0.717) is 0 Å². The molecule has 0 bridgehead atoms. The van der Waals surface area contributed by atoms with Gasteiger partial charge in [-0.1, -0.05) is 19.8 Å². The molecule has 1 aromatic rings. The van der Waals surface area contributed by atoms with Gasteiger partial charge in [0, 0.05) is 17.8 Å². The molecule has 0 radical (unpaired) electrons. The summed E-state index contributed by atoms with van der Waals surface area (Å²) in [5, 5.41) is 3.46. The van der Waals surface area contributed by atoms with Crippen molar-refractivity contribution in [1.29, 1.82) is 0 Å². The second kappa shape index (κ2) is 5.83. The number of hydrogen-bond donors (Lipinski definition) is 1. The van der Waals surface area contributed by atoms with E-state index in [0.717, 1.165) is 25.2 Å². The summed E-state index contributed by atoms with van der Waals surface area (Å²) in [5.74, 6) is 1.08. The molecule has 0 saturated carbocycles. The number of aryl methyl sites for hydroxylation is 1. The van der Waals surface area contributed by atoms with Crippen LogP contribution in [0.1, 0.15) is 50.3 Å². The van der Waals surface area contributed by atoms with Gasteiger partial charge in [0.1, 0.15) is 12.1 Å². The van der Waals surface area contributed by atoms with E-state index in [2.05, 4.69) is 22.2 Å². The summed E-state index contributed by atoms with van der Waals surface area (Å²) in [7, 11) is 0. The van der Waals surface area contributed by atoms with Crippen molar-refractivity contribution in [2.24, 2.45) is 0 Å². The summed E-state index contributed by atoms with van der Waals surface area (Å²) in [6.07, 6.45) is 10.3. The molecule has 3 nitrogen and oxygen atoms in total. The summed E-state index contributed by atoms with van der Waals surface area (Å²) in [6.45, 7) is 3.27. The van der Waals surface area contributed by atoms with E-state index in [-0.39, 0.29) is 0 Å². The van der Waals surface area contributed by atoms with Crippen molar-refractivity contribution >= 4 is 5.82 Å². The molecule has 1 aliphatic rings. The maximum Gasteiger partial charge on any atom is 0.132 e. The lowest BCUT2D eigenvalue weighted by Crippen LogP contribution is -2.12. The zero-order valence-corrected chi connectivity index (χ0v) is 10.1. The molecule has 0 unspecified atom stereocenters. The van der Waals surface area contributed by atoms with E-state index in [1.165, 1.54) is 43.4 Å². The topological polar surface area (TPSA) is 37.8 Å². The van der Waals surface area contributed by atoms with Crippen LogP contribution in [0, 0.1) is 0 Å². The van der Waals surface area contributed by atoms with E-state index in [9.17, 15) is 0 Å². The summed E-state index contributed by atoms with van der Waals surface area (Å²) in [6, 6.07) is 0. The van der Waals surface area contributed by atoms with Gasteiger partial charge in [-0.15, -0.1) is 0 Å². The van der Waals surface area contributed by atoms with Crippen molar-refractivity contribution in [3.05, 3.63) is 17.6 Å². The predicted molar refractivity (Wildman–Crippen MR) is 66.7 cm³/mol. The molecule has 0 aliphatic heterocycles. The fourth-order valence-electron chi connectivity index (χ4n) is 2.26. The lowest BCUT2D eigenvalue weighted by Gasteiger charge is -2.17. The third-order valence-corrected chi connectivity index (χ3v) is 3.20. The van der Waals surface area contributed by atoms with Gasteiger partial charge in [0.15, 0.2) is 0 Å². The maximum absolute atomic E-state index is 4.37. The monoisotopic (exact) mass is 219 g/mol. The van der Waals surface area contributed by atoms with Gasteiger partial charge in [0.2, 0.25) is 0 Å². The predicted octanol–water partition coefficient (Wildman–Crippen LogP) is 2.96. The van der Waals surface area contributed by atoms with Crippen LogP contribution in [0.4, 0.5) is 5.82 Å². The van der Waals surface area contributed by atoms with Crippen molar-refractivity contribution in [1.82, 2.24) is 9.97 Å². The largest absolute Gasteiger partial charge is 0.370 e. The zero-order valence-electron chi connectivity index (χ0n) is 10.1. The minimum Gasteiger partial charge on any atom is -0.370 e. The molecule has 2 rings (SSSR count). The first-order chi connectivity index (χ1) is 7.92. The zero-order chi connectivity index (χ0) is 11.2. The van der Waals surface area contributed by atoms with Gasteiger partial charge in [-0.3, -0.25) is 0 Å². The molecule has 1 N–H and O–H groups in total. The summed E-state index contributed by atoms with van der Waals surface area (Å²) >= 11 is 0. The van der Waals surface area contributed by atoms with Gasteiger partial charge in [-0.05, 0) is 32.1 Å². The van der Waals surface area contributed by atoms with Crippen LogP contribution in [0.25, 0.3) is 0 Å². The lowest BCUT2D eigenvalue weighted by atomic mass is 9.96. The van der Waals surface area contributed by atoms with Crippen LogP contribution in [0.2, 0.25) is 0 Å². The highest BCUT2D eigenvalue weighted by molar-refractivity contribution is 5.46. The average molecular weight is 219 g/mol. The number of nitrogens with zero attached hydrogens (tertiary/aromatic N) is 2. The molecule has 3 heteroatoms. The number of nitrogens with one attached hydrogen (secondary N) is 1. The Balaban J connectivity index is 1.97. The fourth-order valence-corrected chi connectivity index (χ4v) is 2.26. The Bertz CT molecular complexity index is 336. The number of rotatable bonds is 5. The molecule has 16 heavy (non-hydrogen) atoms. The number of unbranched alkanes of at least 4 members (excludes halogenated alkanes) is 2. The van der Waals surface area contributed by atoms with Gasteiger partial charge in [0.25, 0.3) is 0 Å². The minimum atomic E-state index is 1.04. The molecule has 88 valence electrons. The molecule has 1 heterocycles. The van der Waals surface area contributed by atoms with Crippen LogP contribution < -0.4 is 5.32 Å². The highest BCUT2D eigenvalue weighted by atomic mass is 15.0. The number of hydrogen-bond acceptors (Lipinski definition) is 3. The van der Waals surface area contributed by atoms with Crippen molar-refractivity contribution in [3.8, 4) is 0 Å². The molecule has 0 spiro atoms. The fraction of sp³-hybridized carbons (Fsp3) is 0.692. The highest BCUT2D eigenvalue weighted by Crippen LogP contribution is 2.24. The van der Waals surface area contributed by atoms with E-state index in [4.69, 9.17) is 0 Å². The van der Waals surface area contributed by atoms with Crippen molar-refractivity contribution in [3.63, 3.8) is 0 Å². The molecular weight excluding hydrogens is 198 g/mol. The third kappa shape index (κ3) is 2.71. The van der Waals surface area contributed by atoms with E-state index in [1.807, 2.05) is 0 Å².